The molecule has 0 saturated carbocycles. The van der Waals surface area contributed by atoms with E-state index in [0.29, 0.717) is 5.92 Å². The third kappa shape index (κ3) is 4.72. The number of hydrogen-bond acceptors (Lipinski definition) is 2. The quantitative estimate of drug-likeness (QED) is 0.767. The maximum atomic E-state index is 12.4. The number of benzene rings is 2. The van der Waals surface area contributed by atoms with Crippen LogP contribution in [0, 0.1) is 5.92 Å². The molecule has 3 rings (SSSR count). The Kier molecular flexibility index (Phi) is 5.89. The first kappa shape index (κ1) is 17.3. The second-order valence-electron chi connectivity index (χ2n) is 6.53. The zero-order chi connectivity index (χ0) is 17.5. The van der Waals surface area contributed by atoms with Gasteiger partial charge in [0.25, 0.3) is 0 Å². The van der Waals surface area contributed by atoms with Crippen LogP contribution in [0.15, 0.2) is 60.7 Å². The molecule has 1 heterocycles. The maximum Gasteiger partial charge on any atom is 0.246 e. The average molecular weight is 335 g/mol. The van der Waals surface area contributed by atoms with Crippen molar-refractivity contribution in [1.82, 2.24) is 4.90 Å². The van der Waals surface area contributed by atoms with Crippen LogP contribution in [0.3, 0.4) is 0 Å². The van der Waals surface area contributed by atoms with E-state index in [-0.39, 0.29) is 5.91 Å². The molecule has 0 bridgehead atoms. The van der Waals surface area contributed by atoms with Gasteiger partial charge in [-0.1, -0.05) is 48.5 Å². The summed E-state index contributed by atoms with van der Waals surface area (Å²) in [5.74, 6) is 1.54. The first-order chi connectivity index (χ1) is 12.3. The zero-order valence-corrected chi connectivity index (χ0v) is 14.7. The second kappa shape index (κ2) is 8.52. The molecule has 3 heteroatoms. The van der Waals surface area contributed by atoms with Gasteiger partial charge in [-0.25, -0.2) is 0 Å². The monoisotopic (exact) mass is 335 g/mol. The zero-order valence-electron chi connectivity index (χ0n) is 14.7. The molecular formula is C22H25NO2. The molecule has 0 radical (unpaired) electrons. The van der Waals surface area contributed by atoms with Gasteiger partial charge in [0.05, 0.1) is 7.11 Å². The Morgan fingerprint density at radius 2 is 1.76 bits per heavy atom. The minimum atomic E-state index is 0.0871. The number of para-hydroxylation sites is 1. The molecular weight excluding hydrogens is 310 g/mol. The predicted octanol–water partition coefficient (Wildman–Crippen LogP) is 4.19. The molecule has 25 heavy (non-hydrogen) atoms. The van der Waals surface area contributed by atoms with Crippen molar-refractivity contribution in [3.05, 3.63) is 71.8 Å². The average Bonchev–Trinajstić information content (AvgIpc) is 2.67. The Hall–Kier alpha value is -2.55. The fourth-order valence-corrected chi connectivity index (χ4v) is 3.38. The van der Waals surface area contributed by atoms with Gasteiger partial charge in [-0.3, -0.25) is 4.79 Å². The number of nitrogens with zero attached hydrogens (tertiary/aromatic N) is 1. The van der Waals surface area contributed by atoms with Crippen LogP contribution in [0.1, 0.15) is 24.0 Å². The molecule has 0 N–H and O–H groups in total. The molecule has 1 aliphatic rings. The van der Waals surface area contributed by atoms with Crippen molar-refractivity contribution < 1.29 is 9.53 Å². The van der Waals surface area contributed by atoms with Crippen molar-refractivity contribution in [3.63, 3.8) is 0 Å². The Morgan fingerprint density at radius 3 is 2.48 bits per heavy atom. The molecule has 1 fully saturated rings. The number of hydrogen-bond donors (Lipinski definition) is 0. The van der Waals surface area contributed by atoms with E-state index in [2.05, 4.69) is 30.3 Å². The van der Waals surface area contributed by atoms with E-state index >= 15 is 0 Å². The van der Waals surface area contributed by atoms with E-state index in [1.807, 2.05) is 35.2 Å². The molecule has 0 spiro atoms. The summed E-state index contributed by atoms with van der Waals surface area (Å²) in [5.41, 5.74) is 2.32. The number of rotatable bonds is 5. The largest absolute Gasteiger partial charge is 0.496 e. The normalized spacial score (nSPS) is 15.5. The van der Waals surface area contributed by atoms with E-state index in [4.69, 9.17) is 4.74 Å². The third-order valence-corrected chi connectivity index (χ3v) is 4.84. The summed E-state index contributed by atoms with van der Waals surface area (Å²) in [6.45, 7) is 1.68. The summed E-state index contributed by atoms with van der Waals surface area (Å²) in [5, 5.41) is 0. The van der Waals surface area contributed by atoms with Crippen LogP contribution in [0.5, 0.6) is 5.75 Å². The molecule has 2 aromatic carbocycles. The van der Waals surface area contributed by atoms with E-state index in [1.165, 1.54) is 5.56 Å². The van der Waals surface area contributed by atoms with Gasteiger partial charge < -0.3 is 9.64 Å². The summed E-state index contributed by atoms with van der Waals surface area (Å²) in [6.07, 6.45) is 6.76. The van der Waals surface area contributed by atoms with Crippen LogP contribution in [0.25, 0.3) is 6.08 Å². The minimum Gasteiger partial charge on any atom is -0.496 e. The van der Waals surface area contributed by atoms with Gasteiger partial charge >= 0.3 is 0 Å². The van der Waals surface area contributed by atoms with Crippen molar-refractivity contribution in [2.45, 2.75) is 19.3 Å². The van der Waals surface area contributed by atoms with Crippen molar-refractivity contribution in [2.75, 3.05) is 20.2 Å². The standard InChI is InChI=1S/C22H25NO2/c1-25-21-10-6-5-9-20(21)11-12-22(24)23-15-13-19(14-16-23)17-18-7-3-2-4-8-18/h2-12,19H,13-17H2,1H3. The molecule has 1 amide bonds. The fraction of sp³-hybridized carbons (Fsp3) is 0.318. The minimum absolute atomic E-state index is 0.0871. The number of likely N-dealkylation sites (tertiary alicyclic amines) is 1. The Morgan fingerprint density at radius 1 is 1.08 bits per heavy atom. The van der Waals surface area contributed by atoms with Crippen LogP contribution in [-0.2, 0) is 11.2 Å². The van der Waals surface area contributed by atoms with E-state index in [9.17, 15) is 4.79 Å². The summed E-state index contributed by atoms with van der Waals surface area (Å²) >= 11 is 0. The van der Waals surface area contributed by atoms with Crippen molar-refractivity contribution in [1.29, 1.82) is 0 Å². The highest BCUT2D eigenvalue weighted by Gasteiger charge is 2.21. The third-order valence-electron chi connectivity index (χ3n) is 4.84. The smallest absolute Gasteiger partial charge is 0.246 e. The van der Waals surface area contributed by atoms with Crippen LogP contribution in [0.4, 0.5) is 0 Å². The molecule has 1 aliphatic heterocycles. The van der Waals surface area contributed by atoms with Gasteiger partial charge in [-0.15, -0.1) is 0 Å². The van der Waals surface area contributed by atoms with Crippen LogP contribution in [0.2, 0.25) is 0 Å². The number of ether oxygens (including phenoxy) is 1. The Balaban J connectivity index is 1.52. The number of carbonyl (C=O) groups excluding carboxylic acids is 1. The molecule has 0 aliphatic carbocycles. The van der Waals surface area contributed by atoms with Gasteiger partial charge in [0.2, 0.25) is 5.91 Å². The van der Waals surface area contributed by atoms with E-state index in [1.54, 1.807) is 13.2 Å². The van der Waals surface area contributed by atoms with Crippen molar-refractivity contribution in [3.8, 4) is 5.75 Å². The Labute approximate surface area is 149 Å². The molecule has 130 valence electrons. The SMILES string of the molecule is COc1ccccc1C=CC(=O)N1CCC(Cc2ccccc2)CC1. The van der Waals surface area contributed by atoms with Crippen LogP contribution < -0.4 is 4.74 Å². The lowest BCUT2D eigenvalue weighted by molar-refractivity contribution is -0.127. The highest BCUT2D eigenvalue weighted by molar-refractivity contribution is 5.92. The highest BCUT2D eigenvalue weighted by Crippen LogP contribution is 2.23. The molecule has 0 unspecified atom stereocenters. The molecule has 1 saturated heterocycles. The maximum absolute atomic E-state index is 12.4. The second-order valence-corrected chi connectivity index (χ2v) is 6.53. The summed E-state index contributed by atoms with van der Waals surface area (Å²) in [6, 6.07) is 18.3. The number of amides is 1. The number of carbonyl (C=O) groups is 1. The number of methoxy groups -OCH3 is 1. The van der Waals surface area contributed by atoms with Crippen molar-refractivity contribution in [2.24, 2.45) is 5.92 Å². The van der Waals surface area contributed by atoms with Crippen LogP contribution in [-0.4, -0.2) is 31.0 Å². The molecule has 2 aromatic rings. The van der Waals surface area contributed by atoms with Gasteiger partial charge in [-0.05, 0) is 42.9 Å². The molecule has 0 atom stereocenters. The first-order valence-corrected chi connectivity index (χ1v) is 8.90. The summed E-state index contributed by atoms with van der Waals surface area (Å²) in [4.78, 5) is 14.4. The van der Waals surface area contributed by atoms with Gasteiger partial charge in [0.15, 0.2) is 0 Å². The van der Waals surface area contributed by atoms with Crippen LogP contribution >= 0.6 is 0 Å². The summed E-state index contributed by atoms with van der Waals surface area (Å²) in [7, 11) is 1.64. The van der Waals surface area contributed by atoms with Gasteiger partial charge in [0.1, 0.15) is 5.75 Å². The van der Waals surface area contributed by atoms with Gasteiger partial charge in [-0.2, -0.15) is 0 Å². The van der Waals surface area contributed by atoms with Gasteiger partial charge in [0, 0.05) is 24.7 Å². The molecule has 0 aromatic heterocycles. The van der Waals surface area contributed by atoms with E-state index < -0.39 is 0 Å². The fourth-order valence-electron chi connectivity index (χ4n) is 3.38. The lowest BCUT2D eigenvalue weighted by Crippen LogP contribution is -2.37. The lowest BCUT2D eigenvalue weighted by atomic mass is 9.90. The topological polar surface area (TPSA) is 29.5 Å². The highest BCUT2D eigenvalue weighted by atomic mass is 16.5. The summed E-state index contributed by atoms with van der Waals surface area (Å²) < 4.78 is 5.32. The van der Waals surface area contributed by atoms with E-state index in [0.717, 1.165) is 43.7 Å². The predicted molar refractivity (Wildman–Crippen MR) is 101 cm³/mol. The first-order valence-electron chi connectivity index (χ1n) is 8.90. The Bertz CT molecular complexity index is 716. The van der Waals surface area contributed by atoms with Crippen molar-refractivity contribution >= 4 is 12.0 Å². The number of piperidine rings is 1. The molecule has 3 nitrogen and oxygen atoms in total. The lowest BCUT2D eigenvalue weighted by Gasteiger charge is -2.31.